The SMILES string of the molecule is Cc1ccc(C)c(S(=O)(=O)Nc2cccc([S@](C)=O)c2)c1. The molecule has 0 unspecified atom stereocenters. The van der Waals surface area contributed by atoms with Crippen LogP contribution < -0.4 is 4.72 Å². The summed E-state index contributed by atoms with van der Waals surface area (Å²) in [6.45, 7) is 3.60. The number of aryl methyl sites for hydroxylation is 2. The lowest BCUT2D eigenvalue weighted by atomic mass is 10.2. The van der Waals surface area contributed by atoms with Crippen LogP contribution in [0, 0.1) is 13.8 Å². The van der Waals surface area contributed by atoms with Gasteiger partial charge in [-0.3, -0.25) is 8.93 Å². The molecule has 2 aromatic rings. The lowest BCUT2D eigenvalue weighted by Crippen LogP contribution is -2.14. The topological polar surface area (TPSA) is 63.2 Å². The summed E-state index contributed by atoms with van der Waals surface area (Å²) in [4.78, 5) is 0.835. The van der Waals surface area contributed by atoms with Crippen molar-refractivity contribution in [3.63, 3.8) is 0 Å². The van der Waals surface area contributed by atoms with Gasteiger partial charge in [0.05, 0.1) is 10.6 Å². The average molecular weight is 323 g/mol. The molecule has 0 saturated heterocycles. The molecule has 0 spiro atoms. The Morgan fingerprint density at radius 3 is 2.43 bits per heavy atom. The van der Waals surface area contributed by atoms with E-state index in [9.17, 15) is 12.6 Å². The van der Waals surface area contributed by atoms with Crippen LogP contribution in [0.3, 0.4) is 0 Å². The summed E-state index contributed by atoms with van der Waals surface area (Å²) in [5.74, 6) is 0. The van der Waals surface area contributed by atoms with E-state index in [0.717, 1.165) is 5.56 Å². The number of hydrogen-bond donors (Lipinski definition) is 1. The van der Waals surface area contributed by atoms with Crippen LogP contribution in [0.5, 0.6) is 0 Å². The minimum absolute atomic E-state index is 0.255. The minimum atomic E-state index is -3.66. The molecule has 112 valence electrons. The van der Waals surface area contributed by atoms with E-state index < -0.39 is 20.8 Å². The van der Waals surface area contributed by atoms with E-state index in [0.29, 0.717) is 16.1 Å². The molecule has 0 fully saturated rings. The Hall–Kier alpha value is -1.66. The van der Waals surface area contributed by atoms with Gasteiger partial charge in [0.15, 0.2) is 0 Å². The van der Waals surface area contributed by atoms with Crippen LogP contribution >= 0.6 is 0 Å². The van der Waals surface area contributed by atoms with Crippen molar-refractivity contribution in [3.05, 3.63) is 53.6 Å². The van der Waals surface area contributed by atoms with Gasteiger partial charge in [-0.15, -0.1) is 0 Å². The molecule has 0 bridgehead atoms. The molecule has 1 N–H and O–H groups in total. The van der Waals surface area contributed by atoms with Gasteiger partial charge in [-0.2, -0.15) is 0 Å². The molecule has 0 amide bonds. The van der Waals surface area contributed by atoms with Gasteiger partial charge in [0.2, 0.25) is 0 Å². The normalized spacial score (nSPS) is 12.9. The third-order valence-corrected chi connectivity index (χ3v) is 5.49. The summed E-state index contributed by atoms with van der Waals surface area (Å²) in [6, 6.07) is 11.9. The van der Waals surface area contributed by atoms with E-state index in [1.807, 2.05) is 13.0 Å². The number of hydrogen-bond acceptors (Lipinski definition) is 3. The Morgan fingerprint density at radius 2 is 1.76 bits per heavy atom. The maximum atomic E-state index is 12.5. The maximum absolute atomic E-state index is 12.5. The second-order valence-electron chi connectivity index (χ2n) is 4.86. The zero-order valence-electron chi connectivity index (χ0n) is 12.1. The van der Waals surface area contributed by atoms with E-state index >= 15 is 0 Å². The van der Waals surface area contributed by atoms with Crippen LogP contribution in [0.25, 0.3) is 0 Å². The fourth-order valence-corrected chi connectivity index (χ4v) is 3.89. The predicted molar refractivity (Wildman–Crippen MR) is 85.5 cm³/mol. The van der Waals surface area contributed by atoms with Crippen molar-refractivity contribution >= 4 is 26.5 Å². The zero-order chi connectivity index (χ0) is 15.6. The summed E-state index contributed by atoms with van der Waals surface area (Å²) in [5, 5.41) is 0. The third kappa shape index (κ3) is 3.71. The van der Waals surface area contributed by atoms with E-state index in [1.54, 1.807) is 49.6 Å². The highest BCUT2D eigenvalue weighted by molar-refractivity contribution is 7.92. The molecular formula is C15H17NO3S2. The molecule has 2 rings (SSSR count). The van der Waals surface area contributed by atoms with Crippen molar-refractivity contribution in [2.75, 3.05) is 11.0 Å². The van der Waals surface area contributed by atoms with Crippen LogP contribution in [0.4, 0.5) is 5.69 Å². The Balaban J connectivity index is 2.40. The summed E-state index contributed by atoms with van der Waals surface area (Å²) in [5.41, 5.74) is 1.97. The molecule has 0 aliphatic heterocycles. The first kappa shape index (κ1) is 15.7. The van der Waals surface area contributed by atoms with Crippen molar-refractivity contribution in [2.24, 2.45) is 0 Å². The van der Waals surface area contributed by atoms with Crippen molar-refractivity contribution < 1.29 is 12.6 Å². The van der Waals surface area contributed by atoms with E-state index in [1.165, 1.54) is 0 Å². The minimum Gasteiger partial charge on any atom is -0.280 e. The molecule has 21 heavy (non-hydrogen) atoms. The van der Waals surface area contributed by atoms with Crippen LogP contribution in [0.15, 0.2) is 52.3 Å². The molecule has 0 heterocycles. The number of sulfonamides is 1. The van der Waals surface area contributed by atoms with Gasteiger partial charge in [-0.25, -0.2) is 8.42 Å². The molecule has 0 aliphatic carbocycles. The zero-order valence-corrected chi connectivity index (χ0v) is 13.7. The van der Waals surface area contributed by atoms with Gasteiger partial charge in [-0.1, -0.05) is 18.2 Å². The first-order valence-electron chi connectivity index (χ1n) is 6.33. The molecule has 0 aromatic heterocycles. The maximum Gasteiger partial charge on any atom is 0.262 e. The number of nitrogens with one attached hydrogen (secondary N) is 1. The van der Waals surface area contributed by atoms with E-state index in [4.69, 9.17) is 0 Å². The quantitative estimate of drug-likeness (QED) is 0.941. The number of anilines is 1. The smallest absolute Gasteiger partial charge is 0.262 e. The Morgan fingerprint density at radius 1 is 1.05 bits per heavy atom. The van der Waals surface area contributed by atoms with Gasteiger partial charge in [0, 0.05) is 22.0 Å². The largest absolute Gasteiger partial charge is 0.280 e. The molecular weight excluding hydrogens is 306 g/mol. The fraction of sp³-hybridized carbons (Fsp3) is 0.200. The molecule has 2 aromatic carbocycles. The molecule has 0 radical (unpaired) electrons. The first-order chi connectivity index (χ1) is 9.79. The lowest BCUT2D eigenvalue weighted by Gasteiger charge is -2.11. The summed E-state index contributed by atoms with van der Waals surface area (Å²) < 4.78 is 38.9. The van der Waals surface area contributed by atoms with Gasteiger partial charge >= 0.3 is 0 Å². The monoisotopic (exact) mass is 323 g/mol. The third-order valence-electron chi connectivity index (χ3n) is 3.05. The van der Waals surface area contributed by atoms with Gasteiger partial charge in [0.25, 0.3) is 10.0 Å². The highest BCUT2D eigenvalue weighted by atomic mass is 32.2. The number of benzene rings is 2. The highest BCUT2D eigenvalue weighted by Gasteiger charge is 2.17. The summed E-state index contributed by atoms with van der Waals surface area (Å²) in [6.07, 6.45) is 1.55. The molecule has 1 atom stereocenters. The molecule has 4 nitrogen and oxygen atoms in total. The molecule has 6 heteroatoms. The summed E-state index contributed by atoms with van der Waals surface area (Å²) >= 11 is 0. The number of rotatable bonds is 4. The molecule has 0 saturated carbocycles. The molecule has 0 aliphatic rings. The van der Waals surface area contributed by atoms with Crippen molar-refractivity contribution in [3.8, 4) is 0 Å². The van der Waals surface area contributed by atoms with Gasteiger partial charge in [0.1, 0.15) is 0 Å². The second kappa shape index (κ2) is 5.99. The van der Waals surface area contributed by atoms with Crippen LogP contribution in [-0.4, -0.2) is 18.9 Å². The van der Waals surface area contributed by atoms with Crippen LogP contribution in [-0.2, 0) is 20.8 Å². The van der Waals surface area contributed by atoms with Crippen molar-refractivity contribution in [1.82, 2.24) is 0 Å². The van der Waals surface area contributed by atoms with Gasteiger partial charge in [-0.05, 0) is 49.2 Å². The lowest BCUT2D eigenvalue weighted by molar-refractivity contribution is 0.600. The van der Waals surface area contributed by atoms with Crippen LogP contribution in [0.2, 0.25) is 0 Å². The second-order valence-corrected chi connectivity index (χ2v) is 7.89. The van der Waals surface area contributed by atoms with Crippen molar-refractivity contribution in [2.45, 2.75) is 23.6 Å². The predicted octanol–water partition coefficient (Wildman–Crippen LogP) is 2.84. The average Bonchev–Trinajstić information content (AvgIpc) is 2.41. The van der Waals surface area contributed by atoms with Crippen molar-refractivity contribution in [1.29, 1.82) is 0 Å². The van der Waals surface area contributed by atoms with E-state index in [2.05, 4.69) is 4.72 Å². The Labute approximate surface area is 127 Å². The van der Waals surface area contributed by atoms with Crippen LogP contribution in [0.1, 0.15) is 11.1 Å². The van der Waals surface area contributed by atoms with Gasteiger partial charge < -0.3 is 0 Å². The fourth-order valence-electron chi connectivity index (χ4n) is 1.95. The standard InChI is InChI=1S/C15H17NO3S2/c1-11-7-8-12(2)15(9-11)21(18,19)16-13-5-4-6-14(10-13)20(3)17/h4-10,16H,1-3H3/t20-/m0/s1. The first-order valence-corrected chi connectivity index (χ1v) is 9.37. The Kier molecular flexibility index (Phi) is 4.49. The Bertz CT molecular complexity index is 798. The summed E-state index contributed by atoms with van der Waals surface area (Å²) in [7, 11) is -4.81. The highest BCUT2D eigenvalue weighted by Crippen LogP contribution is 2.21. The van der Waals surface area contributed by atoms with E-state index in [-0.39, 0.29) is 4.90 Å².